The number of urea groups is 1. The molecule has 0 saturated heterocycles. The molecule has 1 heterocycles. The molecule has 1 atom stereocenters. The highest BCUT2D eigenvalue weighted by molar-refractivity contribution is 7.03. The van der Waals surface area contributed by atoms with Gasteiger partial charge in [-0.1, -0.05) is 34.8 Å². The standard InChI is InChI=1S/C14H18N4OS/c1-11(13-10-20-17-16-13)15-14(19)18(2)9-8-12-6-4-3-5-7-12/h3-7,10-11H,8-9H2,1-2H3,(H,15,19). The largest absolute Gasteiger partial charge is 0.330 e. The van der Waals surface area contributed by atoms with Crippen molar-refractivity contribution in [1.29, 1.82) is 0 Å². The van der Waals surface area contributed by atoms with Gasteiger partial charge < -0.3 is 10.2 Å². The average molecular weight is 290 g/mol. The van der Waals surface area contributed by atoms with Gasteiger partial charge in [0.1, 0.15) is 0 Å². The zero-order chi connectivity index (χ0) is 14.4. The number of carbonyl (C=O) groups excluding carboxylic acids is 1. The highest BCUT2D eigenvalue weighted by Crippen LogP contribution is 2.10. The van der Waals surface area contributed by atoms with Gasteiger partial charge in [-0.15, -0.1) is 5.10 Å². The van der Waals surface area contributed by atoms with Crippen LogP contribution in [-0.4, -0.2) is 34.1 Å². The third-order valence-corrected chi connectivity index (χ3v) is 3.61. The first-order valence-electron chi connectivity index (χ1n) is 6.49. The molecule has 1 aromatic heterocycles. The van der Waals surface area contributed by atoms with E-state index in [-0.39, 0.29) is 12.1 Å². The number of carbonyl (C=O) groups is 1. The topological polar surface area (TPSA) is 58.1 Å². The van der Waals surface area contributed by atoms with Gasteiger partial charge in [-0.05, 0) is 30.4 Å². The van der Waals surface area contributed by atoms with E-state index >= 15 is 0 Å². The van der Waals surface area contributed by atoms with Gasteiger partial charge in [0.05, 0.1) is 11.7 Å². The summed E-state index contributed by atoms with van der Waals surface area (Å²) in [6, 6.07) is 9.91. The molecular formula is C14H18N4OS. The number of nitrogens with zero attached hydrogens (tertiary/aromatic N) is 3. The molecule has 0 radical (unpaired) electrons. The SMILES string of the molecule is CC(NC(=O)N(C)CCc1ccccc1)c1csnn1. The molecule has 6 heteroatoms. The van der Waals surface area contributed by atoms with Gasteiger partial charge in [-0.2, -0.15) is 0 Å². The lowest BCUT2D eigenvalue weighted by molar-refractivity contribution is 0.206. The lowest BCUT2D eigenvalue weighted by Gasteiger charge is -2.20. The number of amides is 2. The van der Waals surface area contributed by atoms with E-state index in [1.54, 1.807) is 11.9 Å². The van der Waals surface area contributed by atoms with E-state index < -0.39 is 0 Å². The van der Waals surface area contributed by atoms with Crippen molar-refractivity contribution >= 4 is 17.6 Å². The predicted octanol–water partition coefficient (Wildman–Crippen LogP) is 2.48. The lowest BCUT2D eigenvalue weighted by atomic mass is 10.1. The maximum absolute atomic E-state index is 12.0. The fourth-order valence-corrected chi connectivity index (χ4v) is 2.32. The first-order valence-corrected chi connectivity index (χ1v) is 7.33. The second kappa shape index (κ2) is 7.00. The van der Waals surface area contributed by atoms with E-state index in [0.29, 0.717) is 6.54 Å². The number of rotatable bonds is 5. The molecule has 2 amide bonds. The smallest absolute Gasteiger partial charge is 0.317 e. The minimum absolute atomic E-state index is 0.0959. The zero-order valence-electron chi connectivity index (χ0n) is 11.6. The average Bonchev–Trinajstić information content (AvgIpc) is 3.00. The first kappa shape index (κ1) is 14.5. The maximum Gasteiger partial charge on any atom is 0.317 e. The van der Waals surface area contributed by atoms with Crippen LogP contribution >= 0.6 is 11.5 Å². The van der Waals surface area contributed by atoms with Crippen molar-refractivity contribution in [3.05, 3.63) is 47.0 Å². The van der Waals surface area contributed by atoms with Crippen molar-refractivity contribution in [3.63, 3.8) is 0 Å². The van der Waals surface area contributed by atoms with Crippen LogP contribution < -0.4 is 5.32 Å². The lowest BCUT2D eigenvalue weighted by Crippen LogP contribution is -2.39. The highest BCUT2D eigenvalue weighted by atomic mass is 32.1. The van der Waals surface area contributed by atoms with E-state index in [4.69, 9.17) is 0 Å². The third-order valence-electron chi connectivity index (χ3n) is 3.09. The van der Waals surface area contributed by atoms with Gasteiger partial charge in [-0.3, -0.25) is 0 Å². The highest BCUT2D eigenvalue weighted by Gasteiger charge is 2.14. The second-order valence-electron chi connectivity index (χ2n) is 4.66. The van der Waals surface area contributed by atoms with Crippen molar-refractivity contribution in [2.45, 2.75) is 19.4 Å². The van der Waals surface area contributed by atoms with E-state index in [9.17, 15) is 4.79 Å². The fraction of sp³-hybridized carbons (Fsp3) is 0.357. The Morgan fingerprint density at radius 3 is 2.80 bits per heavy atom. The number of hydrogen-bond acceptors (Lipinski definition) is 4. The number of benzene rings is 1. The molecule has 0 saturated carbocycles. The molecule has 1 unspecified atom stereocenters. The molecule has 0 aliphatic heterocycles. The Bertz CT molecular complexity index is 529. The molecule has 0 spiro atoms. The van der Waals surface area contributed by atoms with Gasteiger partial charge >= 0.3 is 6.03 Å². The summed E-state index contributed by atoms with van der Waals surface area (Å²) in [5.74, 6) is 0. The molecular weight excluding hydrogens is 272 g/mol. The molecule has 5 nitrogen and oxygen atoms in total. The number of nitrogens with one attached hydrogen (secondary N) is 1. The van der Waals surface area contributed by atoms with Crippen LogP contribution in [0.25, 0.3) is 0 Å². The Labute approximate surface area is 122 Å². The van der Waals surface area contributed by atoms with Crippen LogP contribution in [0.5, 0.6) is 0 Å². The van der Waals surface area contributed by atoms with Gasteiger partial charge in [0.2, 0.25) is 0 Å². The third kappa shape index (κ3) is 4.03. The molecule has 0 fully saturated rings. The summed E-state index contributed by atoms with van der Waals surface area (Å²) < 4.78 is 3.80. The number of hydrogen-bond donors (Lipinski definition) is 1. The van der Waals surface area contributed by atoms with E-state index in [0.717, 1.165) is 12.1 Å². The van der Waals surface area contributed by atoms with Crippen LogP contribution in [0.15, 0.2) is 35.7 Å². The molecule has 2 aromatic rings. The summed E-state index contributed by atoms with van der Waals surface area (Å²) in [5, 5.41) is 8.71. The predicted molar refractivity (Wildman–Crippen MR) is 79.6 cm³/mol. The van der Waals surface area contributed by atoms with E-state index in [1.165, 1.54) is 17.1 Å². The number of likely N-dealkylation sites (N-methyl/N-ethyl adjacent to an activating group) is 1. The quantitative estimate of drug-likeness (QED) is 0.920. The number of aromatic nitrogens is 2. The van der Waals surface area contributed by atoms with Crippen LogP contribution in [0.1, 0.15) is 24.2 Å². The summed E-state index contributed by atoms with van der Waals surface area (Å²) in [7, 11) is 1.80. The normalized spacial score (nSPS) is 11.9. The van der Waals surface area contributed by atoms with Gasteiger partial charge in [0.15, 0.2) is 0 Å². The summed E-state index contributed by atoms with van der Waals surface area (Å²) in [6.45, 7) is 2.58. The first-order chi connectivity index (χ1) is 9.66. The molecule has 2 rings (SSSR count). The van der Waals surface area contributed by atoms with E-state index in [2.05, 4.69) is 27.0 Å². The Morgan fingerprint density at radius 1 is 1.40 bits per heavy atom. The zero-order valence-corrected chi connectivity index (χ0v) is 12.4. The summed E-state index contributed by atoms with van der Waals surface area (Å²) in [6.07, 6.45) is 0.845. The maximum atomic E-state index is 12.0. The Balaban J connectivity index is 1.80. The molecule has 0 bridgehead atoms. The van der Waals surface area contributed by atoms with Crippen molar-refractivity contribution in [2.75, 3.05) is 13.6 Å². The van der Waals surface area contributed by atoms with Gasteiger partial charge in [0, 0.05) is 19.0 Å². The minimum Gasteiger partial charge on any atom is -0.330 e. The Morgan fingerprint density at radius 2 is 2.15 bits per heavy atom. The summed E-state index contributed by atoms with van der Waals surface area (Å²) in [5.41, 5.74) is 2.02. The van der Waals surface area contributed by atoms with Gasteiger partial charge in [-0.25, -0.2) is 4.79 Å². The minimum atomic E-state index is -0.125. The molecule has 106 valence electrons. The van der Waals surface area contributed by atoms with Gasteiger partial charge in [0.25, 0.3) is 0 Å². The summed E-state index contributed by atoms with van der Waals surface area (Å²) >= 11 is 1.28. The van der Waals surface area contributed by atoms with Crippen LogP contribution in [0.4, 0.5) is 4.79 Å². The van der Waals surface area contributed by atoms with Crippen LogP contribution in [-0.2, 0) is 6.42 Å². The fourth-order valence-electron chi connectivity index (χ4n) is 1.77. The Kier molecular flexibility index (Phi) is 5.06. The van der Waals surface area contributed by atoms with Crippen LogP contribution in [0.2, 0.25) is 0 Å². The monoisotopic (exact) mass is 290 g/mol. The van der Waals surface area contributed by atoms with Crippen LogP contribution in [0.3, 0.4) is 0 Å². The molecule has 1 N–H and O–H groups in total. The van der Waals surface area contributed by atoms with Crippen molar-refractivity contribution in [3.8, 4) is 0 Å². The molecule has 0 aliphatic carbocycles. The summed E-state index contributed by atoms with van der Waals surface area (Å²) in [4.78, 5) is 13.7. The Hall–Kier alpha value is -1.95. The molecule has 0 aliphatic rings. The van der Waals surface area contributed by atoms with Crippen molar-refractivity contribution in [2.24, 2.45) is 0 Å². The second-order valence-corrected chi connectivity index (χ2v) is 5.27. The van der Waals surface area contributed by atoms with Crippen molar-refractivity contribution < 1.29 is 4.79 Å². The molecule has 1 aromatic carbocycles. The molecule has 20 heavy (non-hydrogen) atoms. The van der Waals surface area contributed by atoms with E-state index in [1.807, 2.05) is 30.5 Å². The van der Waals surface area contributed by atoms with Crippen LogP contribution in [0, 0.1) is 0 Å². The van der Waals surface area contributed by atoms with Crippen molar-refractivity contribution in [1.82, 2.24) is 19.8 Å².